The van der Waals surface area contributed by atoms with Crippen LogP contribution in [-0.2, 0) is 57.6 Å². The van der Waals surface area contributed by atoms with Gasteiger partial charge in [-0.15, -0.1) is 35.4 Å². The second-order valence-corrected chi connectivity index (χ2v) is 17.1. The molecule has 0 saturated carbocycles. The van der Waals surface area contributed by atoms with Crippen molar-refractivity contribution in [1.29, 1.82) is 0 Å². The van der Waals surface area contributed by atoms with Crippen LogP contribution in [0.4, 0.5) is 0 Å². The molecule has 2 aliphatic rings. The van der Waals surface area contributed by atoms with Gasteiger partial charge in [-0.2, -0.15) is 0 Å². The minimum Gasteiger partial charge on any atom is -0.366 e. The number of rotatable bonds is 5. The molecule has 0 saturated heterocycles. The van der Waals surface area contributed by atoms with Gasteiger partial charge in [0.1, 0.15) is 0 Å². The summed E-state index contributed by atoms with van der Waals surface area (Å²) in [6.45, 7) is 9.64. The van der Waals surface area contributed by atoms with Crippen LogP contribution < -0.4 is 0 Å². The zero-order valence-corrected chi connectivity index (χ0v) is 31.3. The standard InChI is InChI=1S/2C15H9.C8H20P2.2Au/c2*1-2-11-7-8-13-10-12-5-3-4-6-14(12)15(13)9-11;1-9(2)7-5-6-8-10(3)4;;/h2*3-9H,10H2;5-8H2,1-4H3;;/q2*-1;;2*+1/p+2. The van der Waals surface area contributed by atoms with Crippen LogP contribution >= 0.6 is 15.8 Å². The van der Waals surface area contributed by atoms with E-state index >= 15 is 0 Å². The van der Waals surface area contributed by atoms with E-state index < -0.39 is 0 Å². The van der Waals surface area contributed by atoms with Crippen molar-refractivity contribution in [2.75, 3.05) is 39.0 Å². The Bertz CT molecular complexity index is 1420. The average molecular weight is 953 g/mol. The molecule has 0 bridgehead atoms. The van der Waals surface area contributed by atoms with Gasteiger partial charge in [-0.3, -0.25) is 11.8 Å². The van der Waals surface area contributed by atoms with Crippen molar-refractivity contribution in [2.24, 2.45) is 0 Å². The summed E-state index contributed by atoms with van der Waals surface area (Å²) in [7, 11) is 0.158. The molecule has 0 nitrogen and oxygen atoms in total. The van der Waals surface area contributed by atoms with E-state index in [-0.39, 0.29) is 60.6 Å². The Kier molecular flexibility index (Phi) is 15.8. The van der Waals surface area contributed by atoms with Crippen LogP contribution in [0, 0.1) is 24.7 Å². The van der Waals surface area contributed by atoms with Crippen LogP contribution in [0.5, 0.6) is 0 Å². The van der Waals surface area contributed by atoms with E-state index in [9.17, 15) is 0 Å². The van der Waals surface area contributed by atoms with Crippen LogP contribution in [0.3, 0.4) is 0 Å². The van der Waals surface area contributed by atoms with Crippen molar-refractivity contribution >= 4 is 15.8 Å². The molecule has 0 radical (unpaired) electrons. The molecule has 4 aromatic carbocycles. The quantitative estimate of drug-likeness (QED) is 0.0533. The molecule has 0 unspecified atom stereocenters. The van der Waals surface area contributed by atoms with Crippen LogP contribution in [0.25, 0.3) is 22.3 Å². The molecule has 0 amide bonds. The van der Waals surface area contributed by atoms with E-state index in [2.05, 4.69) is 99.2 Å². The summed E-state index contributed by atoms with van der Waals surface area (Å²) >= 11 is 0. The zero-order chi connectivity index (χ0) is 28.5. The Labute approximate surface area is 288 Å². The number of hydrogen-bond acceptors (Lipinski definition) is 0. The molecule has 4 aromatic rings. The Morgan fingerprint density at radius 1 is 0.524 bits per heavy atom. The van der Waals surface area contributed by atoms with Crippen molar-refractivity contribution in [3.8, 4) is 34.1 Å². The van der Waals surface area contributed by atoms with Crippen LogP contribution in [0.2, 0.25) is 0 Å². The summed E-state index contributed by atoms with van der Waals surface area (Å²) in [6.07, 6.45) is 22.4. The fourth-order valence-electron chi connectivity index (χ4n) is 5.36. The molecule has 0 fully saturated rings. The normalized spacial score (nSPS) is 11.0. The van der Waals surface area contributed by atoms with Crippen molar-refractivity contribution in [1.82, 2.24) is 0 Å². The molecule has 0 heterocycles. The molecule has 2 aliphatic carbocycles. The fourth-order valence-corrected chi connectivity index (χ4v) is 7.27. The van der Waals surface area contributed by atoms with Crippen molar-refractivity contribution in [3.05, 3.63) is 131 Å². The van der Waals surface area contributed by atoms with E-state index in [1.807, 2.05) is 24.3 Å². The molecule has 0 aromatic heterocycles. The Balaban J connectivity index is 0.000000221. The van der Waals surface area contributed by atoms with Gasteiger partial charge in [0.15, 0.2) is 0 Å². The average Bonchev–Trinajstić information content (AvgIpc) is 3.53. The van der Waals surface area contributed by atoms with Crippen LogP contribution in [-0.4, -0.2) is 39.0 Å². The molecule has 6 rings (SSSR count). The fraction of sp³-hybridized carbons (Fsp3) is 0.263. The number of benzene rings is 4. The summed E-state index contributed by atoms with van der Waals surface area (Å²) < 4.78 is 0. The summed E-state index contributed by atoms with van der Waals surface area (Å²) in [4.78, 5) is 0. The van der Waals surface area contributed by atoms with Gasteiger partial charge < -0.3 is 12.8 Å². The van der Waals surface area contributed by atoms with Gasteiger partial charge in [0, 0.05) is 26.7 Å². The molecular formula is C38H40Au2P2+2. The predicted molar refractivity (Wildman–Crippen MR) is 181 cm³/mol. The van der Waals surface area contributed by atoms with E-state index in [4.69, 9.17) is 12.8 Å². The Morgan fingerprint density at radius 2 is 0.881 bits per heavy atom. The second-order valence-electron chi connectivity index (χ2n) is 11.3. The molecule has 42 heavy (non-hydrogen) atoms. The smallest absolute Gasteiger partial charge is 0.366 e. The first-order valence-electron chi connectivity index (χ1n) is 14.3. The molecule has 4 heteroatoms. The third-order valence-electron chi connectivity index (χ3n) is 7.49. The first-order valence-corrected chi connectivity index (χ1v) is 19.7. The first kappa shape index (κ1) is 36.5. The van der Waals surface area contributed by atoms with Crippen molar-refractivity contribution < 1.29 is 44.8 Å². The summed E-state index contributed by atoms with van der Waals surface area (Å²) in [5.74, 6) is 4.87. The molecule has 0 N–H and O–H groups in total. The van der Waals surface area contributed by atoms with Gasteiger partial charge >= 0.3 is 44.8 Å². The summed E-state index contributed by atoms with van der Waals surface area (Å²) in [5.41, 5.74) is 12.3. The van der Waals surface area contributed by atoms with Gasteiger partial charge in [-0.25, -0.2) is 0 Å². The third-order valence-corrected chi connectivity index (χ3v) is 10.2. The maximum Gasteiger partial charge on any atom is 1.00 e. The number of unbranched alkanes of at least 4 members (excludes halogenated alkanes) is 1. The minimum atomic E-state index is 0. The number of fused-ring (bicyclic) bond motifs is 6. The van der Waals surface area contributed by atoms with Crippen molar-refractivity contribution in [3.63, 3.8) is 0 Å². The summed E-state index contributed by atoms with van der Waals surface area (Å²) in [6, 6.07) is 29.1. The topological polar surface area (TPSA) is 0 Å². The van der Waals surface area contributed by atoms with E-state index in [0.717, 1.165) is 24.0 Å². The SMILES string of the molecule is C[PH+](C)CCCC[PH+](C)C.[Au+].[Au+].[C-]#Cc1ccc2c(c1)-c1ccccc1C2.[C-]#Cc1ccc2c(c1)-c1ccccc1C2. The van der Waals surface area contributed by atoms with Gasteiger partial charge in [0.05, 0.1) is 12.3 Å². The third kappa shape index (κ3) is 9.94. The Morgan fingerprint density at radius 3 is 1.24 bits per heavy atom. The minimum absolute atomic E-state index is 0. The predicted octanol–water partition coefficient (Wildman–Crippen LogP) is 9.10. The van der Waals surface area contributed by atoms with E-state index in [0.29, 0.717) is 0 Å². The van der Waals surface area contributed by atoms with Gasteiger partial charge in [-0.1, -0.05) is 60.7 Å². The molecule has 0 spiro atoms. The van der Waals surface area contributed by atoms with Crippen LogP contribution in [0.15, 0.2) is 84.9 Å². The van der Waals surface area contributed by atoms with E-state index in [1.54, 1.807) is 0 Å². The van der Waals surface area contributed by atoms with Gasteiger partial charge in [-0.05, 0) is 86.0 Å². The van der Waals surface area contributed by atoms with Gasteiger partial charge in [0.2, 0.25) is 0 Å². The maximum absolute atomic E-state index is 7.14. The monoisotopic (exact) mass is 952 g/mol. The van der Waals surface area contributed by atoms with E-state index in [1.165, 1.54) is 69.7 Å². The molecule has 0 aliphatic heterocycles. The maximum atomic E-state index is 7.14. The van der Waals surface area contributed by atoms with Crippen molar-refractivity contribution in [2.45, 2.75) is 25.7 Å². The molecule has 0 atom stereocenters. The second kappa shape index (κ2) is 18.2. The van der Waals surface area contributed by atoms with Crippen LogP contribution in [0.1, 0.15) is 46.2 Å². The largest absolute Gasteiger partial charge is 1.00 e. The summed E-state index contributed by atoms with van der Waals surface area (Å²) in [5, 5.41) is 0. The first-order chi connectivity index (χ1) is 19.4. The zero-order valence-electron chi connectivity index (χ0n) is 24.9. The Hall–Kier alpha value is -1.66. The van der Waals surface area contributed by atoms with Gasteiger partial charge in [0.25, 0.3) is 0 Å². The molecular weight excluding hydrogens is 912 g/mol. The molecule has 222 valence electrons. The number of hydrogen-bond donors (Lipinski definition) is 0.